The van der Waals surface area contributed by atoms with E-state index in [0.29, 0.717) is 24.5 Å². The molecule has 100 valence electrons. The first-order valence-corrected chi connectivity index (χ1v) is 6.09. The molecule has 2 aromatic rings. The molecule has 0 bridgehead atoms. The third-order valence-electron chi connectivity index (χ3n) is 2.81. The Morgan fingerprint density at radius 2 is 2.32 bits per heavy atom. The number of nitrogens with two attached hydrogens (primary N) is 1. The number of H-pyrrole nitrogens is 1. The van der Waals surface area contributed by atoms with Gasteiger partial charge in [-0.05, 0) is 30.7 Å². The lowest BCUT2D eigenvalue weighted by Crippen LogP contribution is -2.26. The summed E-state index contributed by atoms with van der Waals surface area (Å²) in [5, 5.41) is 6.49. The van der Waals surface area contributed by atoms with Crippen molar-refractivity contribution in [3.8, 4) is 0 Å². The number of carbonyl (C=O) groups excluding carboxylic acids is 1. The number of nitrogens with one attached hydrogen (secondary N) is 1. The third kappa shape index (κ3) is 3.38. The fraction of sp³-hybridized carbons (Fsp3) is 0.308. The van der Waals surface area contributed by atoms with Gasteiger partial charge in [-0.15, -0.1) is 0 Å². The number of benzene rings is 1. The van der Waals surface area contributed by atoms with Gasteiger partial charge >= 0.3 is 0 Å². The highest BCUT2D eigenvalue weighted by molar-refractivity contribution is 5.94. The normalized spacial score (nSPS) is 10.4. The van der Waals surface area contributed by atoms with Gasteiger partial charge in [0.2, 0.25) is 0 Å². The molecule has 0 fully saturated rings. The van der Waals surface area contributed by atoms with Crippen molar-refractivity contribution >= 4 is 5.91 Å². The summed E-state index contributed by atoms with van der Waals surface area (Å²) in [7, 11) is 1.74. The summed E-state index contributed by atoms with van der Waals surface area (Å²) in [5.74, 6) is 0.615. The molecule has 6 heteroatoms. The van der Waals surface area contributed by atoms with Crippen LogP contribution in [-0.4, -0.2) is 39.6 Å². The quantitative estimate of drug-likeness (QED) is 0.822. The second kappa shape index (κ2) is 6.10. The Kier molecular flexibility index (Phi) is 4.25. The van der Waals surface area contributed by atoms with Crippen molar-refractivity contribution in [1.82, 2.24) is 20.1 Å². The van der Waals surface area contributed by atoms with Crippen molar-refractivity contribution in [1.29, 1.82) is 0 Å². The van der Waals surface area contributed by atoms with Crippen LogP contribution < -0.4 is 5.73 Å². The molecule has 1 heterocycles. The zero-order valence-corrected chi connectivity index (χ0v) is 10.8. The Hall–Kier alpha value is -2.21. The standard InChI is InChI=1S/C13H17N5O/c1-18(8-12-15-9-16-17-12)13(19)11-4-2-3-10(7-11)5-6-14/h2-4,7,9H,5-6,8,14H2,1H3,(H,15,16,17). The summed E-state index contributed by atoms with van der Waals surface area (Å²) in [4.78, 5) is 17.9. The van der Waals surface area contributed by atoms with Gasteiger partial charge in [0.15, 0.2) is 0 Å². The summed E-state index contributed by atoms with van der Waals surface area (Å²) in [5.41, 5.74) is 7.25. The van der Waals surface area contributed by atoms with Crippen molar-refractivity contribution in [2.75, 3.05) is 13.6 Å². The van der Waals surface area contributed by atoms with Gasteiger partial charge in [-0.3, -0.25) is 9.89 Å². The minimum atomic E-state index is -0.0460. The smallest absolute Gasteiger partial charge is 0.254 e. The van der Waals surface area contributed by atoms with E-state index in [1.54, 1.807) is 18.0 Å². The van der Waals surface area contributed by atoms with Crippen LogP contribution in [0, 0.1) is 0 Å². The van der Waals surface area contributed by atoms with Gasteiger partial charge in [0.1, 0.15) is 12.2 Å². The molecule has 1 amide bonds. The molecule has 1 aromatic heterocycles. The average Bonchev–Trinajstić information content (AvgIpc) is 2.91. The van der Waals surface area contributed by atoms with Crippen LogP contribution in [0.4, 0.5) is 0 Å². The highest BCUT2D eigenvalue weighted by Gasteiger charge is 2.13. The predicted octanol–water partition coefficient (Wildman–Crippen LogP) is 0.578. The summed E-state index contributed by atoms with van der Waals surface area (Å²) in [6, 6.07) is 7.53. The Bertz CT molecular complexity index is 538. The van der Waals surface area contributed by atoms with Crippen molar-refractivity contribution in [3.63, 3.8) is 0 Å². The Morgan fingerprint density at radius 3 is 3.00 bits per heavy atom. The zero-order valence-electron chi connectivity index (χ0n) is 10.8. The molecule has 0 radical (unpaired) electrons. The van der Waals surface area contributed by atoms with E-state index in [9.17, 15) is 4.79 Å². The van der Waals surface area contributed by atoms with Crippen LogP contribution in [0.1, 0.15) is 21.7 Å². The number of aromatic nitrogens is 3. The number of nitrogens with zero attached hydrogens (tertiary/aromatic N) is 3. The highest BCUT2D eigenvalue weighted by Crippen LogP contribution is 2.09. The van der Waals surface area contributed by atoms with Gasteiger partial charge in [0.05, 0.1) is 6.54 Å². The third-order valence-corrected chi connectivity index (χ3v) is 2.81. The van der Waals surface area contributed by atoms with Gasteiger partial charge in [0.25, 0.3) is 5.91 Å². The van der Waals surface area contributed by atoms with E-state index >= 15 is 0 Å². The van der Waals surface area contributed by atoms with Crippen molar-refractivity contribution in [2.24, 2.45) is 5.73 Å². The minimum Gasteiger partial charge on any atom is -0.334 e. The predicted molar refractivity (Wildman–Crippen MR) is 71.4 cm³/mol. The van der Waals surface area contributed by atoms with Crippen molar-refractivity contribution in [3.05, 3.63) is 47.5 Å². The molecule has 6 nitrogen and oxygen atoms in total. The molecule has 0 saturated heterocycles. The van der Waals surface area contributed by atoms with Gasteiger partial charge in [0, 0.05) is 12.6 Å². The van der Waals surface area contributed by atoms with E-state index < -0.39 is 0 Å². The van der Waals surface area contributed by atoms with Crippen LogP contribution in [0.3, 0.4) is 0 Å². The van der Waals surface area contributed by atoms with Crippen LogP contribution in [0.2, 0.25) is 0 Å². The maximum atomic E-state index is 12.3. The molecule has 0 atom stereocenters. The molecule has 0 aliphatic rings. The Balaban J connectivity index is 2.08. The molecular formula is C13H17N5O. The fourth-order valence-corrected chi connectivity index (χ4v) is 1.85. The number of rotatable bonds is 5. The molecular weight excluding hydrogens is 242 g/mol. The van der Waals surface area contributed by atoms with E-state index in [1.165, 1.54) is 6.33 Å². The number of hydrogen-bond donors (Lipinski definition) is 2. The summed E-state index contributed by atoms with van der Waals surface area (Å²) in [6.07, 6.45) is 2.20. The van der Waals surface area contributed by atoms with Gasteiger partial charge < -0.3 is 10.6 Å². The number of carbonyl (C=O) groups is 1. The molecule has 0 spiro atoms. The summed E-state index contributed by atoms with van der Waals surface area (Å²) >= 11 is 0. The maximum absolute atomic E-state index is 12.3. The van der Waals surface area contributed by atoms with Gasteiger partial charge in [-0.1, -0.05) is 12.1 Å². The minimum absolute atomic E-state index is 0.0460. The lowest BCUT2D eigenvalue weighted by Gasteiger charge is -2.16. The second-order valence-corrected chi connectivity index (χ2v) is 4.33. The number of amides is 1. The van der Waals surface area contributed by atoms with Gasteiger partial charge in [-0.2, -0.15) is 5.10 Å². The van der Waals surface area contributed by atoms with Crippen LogP contribution in [0.25, 0.3) is 0 Å². The van der Waals surface area contributed by atoms with Crippen LogP contribution in [0.5, 0.6) is 0 Å². The summed E-state index contributed by atoms with van der Waals surface area (Å²) in [6.45, 7) is 0.978. The summed E-state index contributed by atoms with van der Waals surface area (Å²) < 4.78 is 0. The molecule has 19 heavy (non-hydrogen) atoms. The average molecular weight is 259 g/mol. The first kappa shape index (κ1) is 13.2. The van der Waals surface area contributed by atoms with Crippen LogP contribution in [-0.2, 0) is 13.0 Å². The van der Waals surface area contributed by atoms with E-state index in [-0.39, 0.29) is 5.91 Å². The molecule has 0 aliphatic heterocycles. The topological polar surface area (TPSA) is 87.9 Å². The van der Waals surface area contributed by atoms with Crippen molar-refractivity contribution in [2.45, 2.75) is 13.0 Å². The molecule has 0 aliphatic carbocycles. The van der Waals surface area contributed by atoms with Gasteiger partial charge in [-0.25, -0.2) is 4.98 Å². The lowest BCUT2D eigenvalue weighted by atomic mass is 10.1. The van der Waals surface area contributed by atoms with E-state index in [1.807, 2.05) is 18.2 Å². The van der Waals surface area contributed by atoms with E-state index in [4.69, 9.17) is 5.73 Å². The Labute approximate surface area is 111 Å². The lowest BCUT2D eigenvalue weighted by molar-refractivity contribution is 0.0781. The van der Waals surface area contributed by atoms with E-state index in [0.717, 1.165) is 12.0 Å². The number of hydrogen-bond acceptors (Lipinski definition) is 4. The first-order chi connectivity index (χ1) is 9.20. The monoisotopic (exact) mass is 259 g/mol. The fourth-order valence-electron chi connectivity index (χ4n) is 1.85. The van der Waals surface area contributed by atoms with E-state index in [2.05, 4.69) is 15.2 Å². The maximum Gasteiger partial charge on any atom is 0.254 e. The Morgan fingerprint density at radius 1 is 1.47 bits per heavy atom. The SMILES string of the molecule is CN(Cc1ncn[nH]1)C(=O)c1cccc(CCN)c1. The molecule has 1 aromatic carbocycles. The molecule has 0 saturated carbocycles. The van der Waals surface area contributed by atoms with Crippen LogP contribution >= 0.6 is 0 Å². The molecule has 3 N–H and O–H groups in total. The second-order valence-electron chi connectivity index (χ2n) is 4.33. The zero-order chi connectivity index (χ0) is 13.7. The molecule has 2 rings (SSSR count). The van der Waals surface area contributed by atoms with Crippen molar-refractivity contribution < 1.29 is 4.79 Å². The van der Waals surface area contributed by atoms with Crippen LogP contribution in [0.15, 0.2) is 30.6 Å². The molecule has 0 unspecified atom stereocenters. The largest absolute Gasteiger partial charge is 0.334 e. The number of aromatic amines is 1. The first-order valence-electron chi connectivity index (χ1n) is 6.09. The highest BCUT2D eigenvalue weighted by atomic mass is 16.2.